The van der Waals surface area contributed by atoms with Gasteiger partial charge in [-0.05, 0) is 74.8 Å². The lowest BCUT2D eigenvalue weighted by Crippen LogP contribution is -2.36. The van der Waals surface area contributed by atoms with E-state index in [0.717, 1.165) is 75.2 Å². The second-order valence-electron chi connectivity index (χ2n) is 8.34. The number of aromatic nitrogens is 4. The number of benzene rings is 2. The van der Waals surface area contributed by atoms with E-state index in [0.29, 0.717) is 5.82 Å². The van der Waals surface area contributed by atoms with Crippen LogP contribution in [0.5, 0.6) is 5.75 Å². The van der Waals surface area contributed by atoms with Crippen LogP contribution in [0.25, 0.3) is 11.4 Å². The zero-order chi connectivity index (χ0) is 22.2. The van der Waals surface area contributed by atoms with Crippen LogP contribution in [0.3, 0.4) is 0 Å². The molecule has 32 heavy (non-hydrogen) atoms. The minimum atomic E-state index is 0.136. The second-order valence-corrected chi connectivity index (χ2v) is 8.34. The number of carbonyl (C=O) groups is 1. The third kappa shape index (κ3) is 5.79. The summed E-state index contributed by atoms with van der Waals surface area (Å²) in [4.78, 5) is 16.9. The number of ether oxygens (including phenoxy) is 1. The highest BCUT2D eigenvalue weighted by atomic mass is 16.5. The van der Waals surface area contributed by atoms with Crippen molar-refractivity contribution in [2.45, 2.75) is 38.6 Å². The predicted molar refractivity (Wildman–Crippen MR) is 124 cm³/mol. The Morgan fingerprint density at radius 1 is 0.969 bits per heavy atom. The van der Waals surface area contributed by atoms with Gasteiger partial charge >= 0.3 is 0 Å². The molecule has 0 saturated carbocycles. The van der Waals surface area contributed by atoms with Crippen molar-refractivity contribution in [2.24, 2.45) is 5.92 Å². The number of hydrogen-bond acceptors (Lipinski definition) is 6. The highest BCUT2D eigenvalue weighted by molar-refractivity contribution is 5.98. The summed E-state index contributed by atoms with van der Waals surface area (Å²) in [6.45, 7) is 3.87. The molecule has 0 radical (unpaired) electrons. The summed E-state index contributed by atoms with van der Waals surface area (Å²) in [5.41, 5.74) is 1.79. The van der Waals surface area contributed by atoms with Crippen LogP contribution in [0.15, 0.2) is 54.6 Å². The Kier molecular flexibility index (Phi) is 7.61. The van der Waals surface area contributed by atoms with Crippen LogP contribution in [0.2, 0.25) is 0 Å². The van der Waals surface area contributed by atoms with E-state index in [1.54, 1.807) is 11.9 Å². The summed E-state index contributed by atoms with van der Waals surface area (Å²) < 4.78 is 5.18. The Bertz CT molecular complexity index is 979. The molecule has 1 saturated heterocycles. The fourth-order valence-electron chi connectivity index (χ4n) is 4.22. The molecule has 0 unspecified atom stereocenters. The number of hydrogen-bond donors (Lipinski definition) is 0. The number of likely N-dealkylation sites (tertiary alicyclic amines) is 1. The molecule has 0 amide bonds. The van der Waals surface area contributed by atoms with Gasteiger partial charge in [-0.15, -0.1) is 10.2 Å². The quantitative estimate of drug-likeness (QED) is 0.354. The standard InChI is InChI=1S/C25H31N5O2/c1-32-23-12-10-20(11-13-23)24(31)21-14-18-29(19-15-21)16-6-3-7-17-30-27-25(26-28-30)22-8-4-2-5-9-22/h2,4-5,8-13,21H,3,6-7,14-19H2,1H3. The first-order valence-corrected chi connectivity index (χ1v) is 11.5. The van der Waals surface area contributed by atoms with E-state index in [1.165, 1.54) is 0 Å². The molecule has 0 atom stereocenters. The van der Waals surface area contributed by atoms with Gasteiger partial charge in [-0.2, -0.15) is 4.80 Å². The molecule has 1 fully saturated rings. The van der Waals surface area contributed by atoms with Crippen molar-refractivity contribution in [3.05, 3.63) is 60.2 Å². The summed E-state index contributed by atoms with van der Waals surface area (Å²) in [5.74, 6) is 1.87. The lowest BCUT2D eigenvalue weighted by molar-refractivity contribution is 0.0838. The fourth-order valence-corrected chi connectivity index (χ4v) is 4.22. The monoisotopic (exact) mass is 433 g/mol. The molecule has 1 aliphatic rings. The average molecular weight is 434 g/mol. The third-order valence-corrected chi connectivity index (χ3v) is 6.15. The molecule has 7 heteroatoms. The molecule has 2 heterocycles. The van der Waals surface area contributed by atoms with Crippen molar-refractivity contribution in [1.29, 1.82) is 0 Å². The molecule has 0 aliphatic carbocycles. The van der Waals surface area contributed by atoms with E-state index in [2.05, 4.69) is 20.3 Å². The van der Waals surface area contributed by atoms with Gasteiger partial charge in [0.15, 0.2) is 5.78 Å². The molecule has 4 rings (SSSR count). The van der Waals surface area contributed by atoms with Crippen molar-refractivity contribution in [3.63, 3.8) is 0 Å². The number of nitrogens with zero attached hydrogens (tertiary/aromatic N) is 5. The van der Waals surface area contributed by atoms with E-state index >= 15 is 0 Å². The molecule has 168 valence electrons. The van der Waals surface area contributed by atoms with Crippen LogP contribution in [0.1, 0.15) is 42.5 Å². The van der Waals surface area contributed by atoms with Crippen molar-refractivity contribution in [1.82, 2.24) is 25.1 Å². The Labute approximate surface area is 189 Å². The molecule has 0 N–H and O–H groups in total. The number of aryl methyl sites for hydroxylation is 1. The lowest BCUT2D eigenvalue weighted by atomic mass is 9.89. The molecular formula is C25H31N5O2. The van der Waals surface area contributed by atoms with Gasteiger partial charge in [-0.1, -0.05) is 36.8 Å². The largest absolute Gasteiger partial charge is 0.497 e. The van der Waals surface area contributed by atoms with Gasteiger partial charge in [0.1, 0.15) is 5.75 Å². The summed E-state index contributed by atoms with van der Waals surface area (Å²) in [6.07, 6.45) is 5.20. The van der Waals surface area contributed by atoms with E-state index in [9.17, 15) is 4.79 Å². The summed E-state index contributed by atoms with van der Waals surface area (Å²) in [6, 6.07) is 17.4. The minimum Gasteiger partial charge on any atom is -0.497 e. The van der Waals surface area contributed by atoms with Gasteiger partial charge in [0.2, 0.25) is 5.82 Å². The molecule has 1 aliphatic heterocycles. The molecule has 1 aromatic heterocycles. The third-order valence-electron chi connectivity index (χ3n) is 6.15. The number of rotatable bonds is 10. The van der Waals surface area contributed by atoms with E-state index in [-0.39, 0.29) is 11.7 Å². The highest BCUT2D eigenvalue weighted by Gasteiger charge is 2.25. The van der Waals surface area contributed by atoms with E-state index in [1.807, 2.05) is 54.6 Å². The van der Waals surface area contributed by atoms with Gasteiger partial charge in [0.25, 0.3) is 0 Å². The van der Waals surface area contributed by atoms with Gasteiger partial charge < -0.3 is 9.64 Å². The van der Waals surface area contributed by atoms with Crippen LogP contribution in [-0.2, 0) is 6.54 Å². The average Bonchev–Trinajstić information content (AvgIpc) is 3.33. The van der Waals surface area contributed by atoms with E-state index in [4.69, 9.17) is 4.74 Å². The first kappa shape index (κ1) is 22.1. The van der Waals surface area contributed by atoms with Crippen LogP contribution >= 0.6 is 0 Å². The van der Waals surface area contributed by atoms with Crippen molar-refractivity contribution < 1.29 is 9.53 Å². The molecule has 3 aromatic rings. The minimum absolute atomic E-state index is 0.136. The molecule has 2 aromatic carbocycles. The van der Waals surface area contributed by atoms with Crippen LogP contribution in [-0.4, -0.2) is 57.6 Å². The van der Waals surface area contributed by atoms with Crippen LogP contribution in [0, 0.1) is 5.92 Å². The Balaban J connectivity index is 1.12. The normalized spacial score (nSPS) is 15.0. The zero-order valence-electron chi connectivity index (χ0n) is 18.7. The van der Waals surface area contributed by atoms with Gasteiger partial charge in [-0.25, -0.2) is 0 Å². The number of tetrazole rings is 1. The first-order chi connectivity index (χ1) is 15.7. The van der Waals surface area contributed by atoms with Crippen molar-refractivity contribution in [2.75, 3.05) is 26.7 Å². The molecule has 7 nitrogen and oxygen atoms in total. The number of unbranched alkanes of at least 4 members (excludes halogenated alkanes) is 2. The second kappa shape index (κ2) is 11.0. The number of Topliss-reactive ketones (excluding diaryl/α,β-unsaturated/α-hetero) is 1. The Hall–Kier alpha value is -3.06. The van der Waals surface area contributed by atoms with Crippen LogP contribution < -0.4 is 4.74 Å². The van der Waals surface area contributed by atoms with Crippen molar-refractivity contribution in [3.8, 4) is 17.1 Å². The van der Waals surface area contributed by atoms with Crippen molar-refractivity contribution >= 4 is 5.78 Å². The number of methoxy groups -OCH3 is 1. The molecule has 0 spiro atoms. The summed E-state index contributed by atoms with van der Waals surface area (Å²) >= 11 is 0. The topological polar surface area (TPSA) is 73.1 Å². The SMILES string of the molecule is COc1ccc(C(=O)C2CCN(CCCCCn3nnc(-c4ccccc4)n3)CC2)cc1. The van der Waals surface area contributed by atoms with Gasteiger partial charge in [0, 0.05) is 17.0 Å². The summed E-state index contributed by atoms with van der Waals surface area (Å²) in [7, 11) is 1.64. The zero-order valence-corrected chi connectivity index (χ0v) is 18.7. The number of piperidine rings is 1. The number of carbonyl (C=O) groups excluding carboxylic acids is 1. The van der Waals surface area contributed by atoms with Crippen LogP contribution in [0.4, 0.5) is 0 Å². The van der Waals surface area contributed by atoms with Gasteiger partial charge in [-0.3, -0.25) is 4.79 Å². The first-order valence-electron chi connectivity index (χ1n) is 11.5. The number of ketones is 1. The maximum atomic E-state index is 12.8. The summed E-state index contributed by atoms with van der Waals surface area (Å²) in [5, 5.41) is 12.8. The highest BCUT2D eigenvalue weighted by Crippen LogP contribution is 2.23. The van der Waals surface area contributed by atoms with E-state index < -0.39 is 0 Å². The Morgan fingerprint density at radius 3 is 2.41 bits per heavy atom. The maximum absolute atomic E-state index is 12.8. The molecular weight excluding hydrogens is 402 g/mol. The smallest absolute Gasteiger partial charge is 0.204 e. The lowest BCUT2D eigenvalue weighted by Gasteiger charge is -2.31. The van der Waals surface area contributed by atoms with Gasteiger partial charge in [0.05, 0.1) is 13.7 Å². The maximum Gasteiger partial charge on any atom is 0.204 e. The fraction of sp³-hybridized carbons (Fsp3) is 0.440. The predicted octanol–water partition coefficient (Wildman–Crippen LogP) is 4.11. The molecule has 0 bridgehead atoms. The Morgan fingerprint density at radius 2 is 1.69 bits per heavy atom.